The van der Waals surface area contributed by atoms with Crippen molar-refractivity contribution in [1.29, 1.82) is 0 Å². The molecule has 0 unspecified atom stereocenters. The van der Waals surface area contributed by atoms with Crippen LogP contribution in [0.3, 0.4) is 0 Å². The number of hydrogen-bond donors (Lipinski definition) is 0. The van der Waals surface area contributed by atoms with Crippen molar-refractivity contribution >= 4 is 16.7 Å². The van der Waals surface area contributed by atoms with E-state index < -0.39 is 0 Å². The molecule has 37 heavy (non-hydrogen) atoms. The molecular weight excluding hydrogens is 460 g/mol. The predicted molar refractivity (Wildman–Crippen MR) is 144 cm³/mol. The molecule has 0 aliphatic carbocycles. The normalized spacial score (nSPS) is 13.9. The number of fused-ring (bicyclic) bond motifs is 2. The Morgan fingerprint density at radius 2 is 1.78 bits per heavy atom. The van der Waals surface area contributed by atoms with Crippen LogP contribution in [0.5, 0.6) is 0 Å². The first-order chi connectivity index (χ1) is 18.1. The first-order valence-corrected chi connectivity index (χ1v) is 12.6. The molecule has 1 saturated heterocycles. The SMILES string of the molecule is Cc1nn2c(-c3cc4cccnc4nc3-c3ccn(C)n3)cnc2cc1-c1ccc(CN2CCC2)cc1. The summed E-state index contributed by atoms with van der Waals surface area (Å²) >= 11 is 0. The van der Waals surface area contributed by atoms with Gasteiger partial charge in [0, 0.05) is 42.5 Å². The van der Waals surface area contributed by atoms with Gasteiger partial charge in [-0.15, -0.1) is 0 Å². The first kappa shape index (κ1) is 21.8. The van der Waals surface area contributed by atoms with Gasteiger partial charge in [0.25, 0.3) is 0 Å². The second kappa shape index (κ2) is 8.60. The summed E-state index contributed by atoms with van der Waals surface area (Å²) < 4.78 is 3.68. The summed E-state index contributed by atoms with van der Waals surface area (Å²) in [4.78, 5) is 16.6. The number of rotatable bonds is 5. The van der Waals surface area contributed by atoms with Gasteiger partial charge in [0.1, 0.15) is 11.4 Å². The van der Waals surface area contributed by atoms with E-state index in [9.17, 15) is 0 Å². The molecule has 182 valence electrons. The number of benzene rings is 1. The lowest BCUT2D eigenvalue weighted by Crippen LogP contribution is -2.36. The molecule has 6 aromatic rings. The maximum Gasteiger partial charge on any atom is 0.159 e. The van der Waals surface area contributed by atoms with Gasteiger partial charge in [-0.1, -0.05) is 24.3 Å². The van der Waals surface area contributed by atoms with Gasteiger partial charge in [-0.2, -0.15) is 10.2 Å². The van der Waals surface area contributed by atoms with Gasteiger partial charge >= 0.3 is 0 Å². The third-order valence-corrected chi connectivity index (χ3v) is 7.12. The molecule has 0 amide bonds. The zero-order valence-corrected chi connectivity index (χ0v) is 20.8. The molecule has 0 radical (unpaired) electrons. The van der Waals surface area contributed by atoms with Crippen molar-refractivity contribution in [3.8, 4) is 33.8 Å². The van der Waals surface area contributed by atoms with Gasteiger partial charge in [0.15, 0.2) is 11.3 Å². The molecule has 8 nitrogen and oxygen atoms in total. The molecule has 5 aromatic heterocycles. The molecule has 8 heteroatoms. The van der Waals surface area contributed by atoms with Crippen molar-refractivity contribution in [2.24, 2.45) is 7.05 Å². The molecule has 0 bridgehead atoms. The fraction of sp³-hybridized carbons (Fsp3) is 0.207. The van der Waals surface area contributed by atoms with Crippen LogP contribution in [-0.4, -0.2) is 52.3 Å². The van der Waals surface area contributed by atoms with E-state index >= 15 is 0 Å². The standard InChI is InChI=1S/C29H26N8/c1-19-23(21-8-6-20(7-9-21)18-36-12-4-13-36)16-27-31-17-26(37(27)33-19)24-15-22-5-3-11-30-29(22)32-28(24)25-10-14-35(2)34-25/h3,5-11,14-17H,4,12-13,18H2,1-2H3. The minimum atomic E-state index is 0.685. The quantitative estimate of drug-likeness (QED) is 0.344. The van der Waals surface area contributed by atoms with Crippen molar-refractivity contribution in [2.75, 3.05) is 13.1 Å². The number of aryl methyl sites for hydroxylation is 2. The van der Waals surface area contributed by atoms with E-state index in [1.165, 1.54) is 25.1 Å². The lowest BCUT2D eigenvalue weighted by molar-refractivity contribution is 0.172. The van der Waals surface area contributed by atoms with Crippen LogP contribution in [0, 0.1) is 6.92 Å². The fourth-order valence-electron chi connectivity index (χ4n) is 5.00. The topological polar surface area (TPSA) is 77.0 Å². The van der Waals surface area contributed by atoms with Gasteiger partial charge in [0.05, 0.1) is 17.6 Å². The van der Waals surface area contributed by atoms with Crippen LogP contribution >= 0.6 is 0 Å². The molecule has 1 fully saturated rings. The third-order valence-electron chi connectivity index (χ3n) is 7.12. The zero-order valence-electron chi connectivity index (χ0n) is 20.8. The maximum absolute atomic E-state index is 4.98. The summed E-state index contributed by atoms with van der Waals surface area (Å²) in [5.41, 5.74) is 9.33. The highest BCUT2D eigenvalue weighted by Gasteiger charge is 2.19. The van der Waals surface area contributed by atoms with Crippen LogP contribution in [-0.2, 0) is 13.6 Å². The number of likely N-dealkylation sites (tertiary alicyclic amines) is 1. The van der Waals surface area contributed by atoms with E-state index in [0.29, 0.717) is 5.65 Å². The highest BCUT2D eigenvalue weighted by molar-refractivity contribution is 5.89. The number of imidazole rings is 1. The van der Waals surface area contributed by atoms with Crippen molar-refractivity contribution in [1.82, 2.24) is 39.2 Å². The highest BCUT2D eigenvalue weighted by Crippen LogP contribution is 2.33. The van der Waals surface area contributed by atoms with Gasteiger partial charge in [0.2, 0.25) is 0 Å². The van der Waals surface area contributed by atoms with Gasteiger partial charge in [-0.25, -0.2) is 19.5 Å². The van der Waals surface area contributed by atoms with Gasteiger partial charge in [-0.05, 0) is 67.9 Å². The Morgan fingerprint density at radius 1 is 0.919 bits per heavy atom. The second-order valence-electron chi connectivity index (χ2n) is 9.69. The summed E-state index contributed by atoms with van der Waals surface area (Å²) in [5.74, 6) is 0. The van der Waals surface area contributed by atoms with Crippen LogP contribution in [0.1, 0.15) is 17.7 Å². The van der Waals surface area contributed by atoms with Crippen LogP contribution in [0.4, 0.5) is 0 Å². The minimum absolute atomic E-state index is 0.685. The molecule has 0 spiro atoms. The largest absolute Gasteiger partial charge is 0.299 e. The number of hydrogen-bond acceptors (Lipinski definition) is 6. The predicted octanol–water partition coefficient (Wildman–Crippen LogP) is 4.92. The molecule has 1 aliphatic rings. The van der Waals surface area contributed by atoms with Crippen molar-refractivity contribution in [3.63, 3.8) is 0 Å². The Hall–Kier alpha value is -4.43. The Labute approximate surface area is 214 Å². The van der Waals surface area contributed by atoms with Crippen LogP contribution in [0.2, 0.25) is 0 Å². The molecule has 0 N–H and O–H groups in total. The van der Waals surface area contributed by atoms with Gasteiger partial charge in [-0.3, -0.25) is 9.58 Å². The Morgan fingerprint density at radius 3 is 2.54 bits per heavy atom. The summed E-state index contributed by atoms with van der Waals surface area (Å²) in [6.45, 7) is 5.48. The van der Waals surface area contributed by atoms with E-state index in [1.54, 1.807) is 10.9 Å². The zero-order chi connectivity index (χ0) is 24.9. The second-order valence-corrected chi connectivity index (χ2v) is 9.69. The fourth-order valence-corrected chi connectivity index (χ4v) is 5.00. The average Bonchev–Trinajstić information content (AvgIpc) is 3.51. The van der Waals surface area contributed by atoms with Crippen molar-refractivity contribution in [3.05, 3.63) is 84.4 Å². The van der Waals surface area contributed by atoms with E-state index in [0.717, 1.165) is 57.0 Å². The summed E-state index contributed by atoms with van der Waals surface area (Å²) in [5, 5.41) is 10.6. The molecule has 1 aliphatic heterocycles. The lowest BCUT2D eigenvalue weighted by atomic mass is 10.0. The maximum atomic E-state index is 4.98. The van der Waals surface area contributed by atoms with E-state index in [2.05, 4.69) is 58.3 Å². The molecule has 6 heterocycles. The molecular formula is C29H26N8. The Bertz CT molecular complexity index is 1760. The van der Waals surface area contributed by atoms with Crippen molar-refractivity contribution < 1.29 is 0 Å². The van der Waals surface area contributed by atoms with E-state index in [1.807, 2.05) is 42.2 Å². The Kier molecular flexibility index (Phi) is 5.07. The lowest BCUT2D eigenvalue weighted by Gasteiger charge is -2.30. The summed E-state index contributed by atoms with van der Waals surface area (Å²) in [6.07, 6.45) is 6.86. The Balaban J connectivity index is 1.32. The van der Waals surface area contributed by atoms with E-state index in [4.69, 9.17) is 15.1 Å². The number of nitrogens with zero attached hydrogens (tertiary/aromatic N) is 8. The smallest absolute Gasteiger partial charge is 0.159 e. The molecule has 0 saturated carbocycles. The van der Waals surface area contributed by atoms with Crippen LogP contribution < -0.4 is 0 Å². The molecule has 7 rings (SSSR count). The van der Waals surface area contributed by atoms with Crippen LogP contribution in [0.25, 0.3) is 50.5 Å². The average molecular weight is 487 g/mol. The van der Waals surface area contributed by atoms with Crippen molar-refractivity contribution in [2.45, 2.75) is 19.9 Å². The summed E-state index contributed by atoms with van der Waals surface area (Å²) in [7, 11) is 1.90. The van der Waals surface area contributed by atoms with E-state index in [-0.39, 0.29) is 0 Å². The molecule has 1 aromatic carbocycles. The third kappa shape index (κ3) is 3.86. The van der Waals surface area contributed by atoms with Crippen LogP contribution in [0.15, 0.2) is 73.2 Å². The van der Waals surface area contributed by atoms with Gasteiger partial charge < -0.3 is 0 Å². The number of aromatic nitrogens is 7. The monoisotopic (exact) mass is 486 g/mol. The minimum Gasteiger partial charge on any atom is -0.299 e. The summed E-state index contributed by atoms with van der Waals surface area (Å²) in [6, 6.07) is 19.0. The number of pyridine rings is 2. The molecule has 0 atom stereocenters. The highest BCUT2D eigenvalue weighted by atomic mass is 15.3. The first-order valence-electron chi connectivity index (χ1n) is 12.6.